The molecule has 146 valence electrons. The first-order chi connectivity index (χ1) is 14.3. The predicted molar refractivity (Wildman–Crippen MR) is 110 cm³/mol. The van der Waals surface area contributed by atoms with Gasteiger partial charge in [-0.2, -0.15) is 0 Å². The largest absolute Gasteiger partial charge is 0.485 e. The number of ether oxygens (including phenoxy) is 2. The van der Waals surface area contributed by atoms with E-state index in [-0.39, 0.29) is 6.10 Å². The van der Waals surface area contributed by atoms with Gasteiger partial charge in [0.25, 0.3) is 0 Å². The van der Waals surface area contributed by atoms with E-state index in [9.17, 15) is 0 Å². The number of para-hydroxylation sites is 2. The van der Waals surface area contributed by atoms with Crippen molar-refractivity contribution in [1.29, 1.82) is 0 Å². The number of fused-ring (bicyclic) bond motifs is 2. The topological polar surface area (TPSA) is 66.5 Å². The fourth-order valence-electron chi connectivity index (χ4n) is 3.29. The van der Waals surface area contributed by atoms with Crippen molar-refractivity contribution in [2.45, 2.75) is 23.6 Å². The van der Waals surface area contributed by atoms with Crippen LogP contribution < -0.4 is 9.47 Å². The van der Waals surface area contributed by atoms with Gasteiger partial charge in [-0.1, -0.05) is 36.0 Å². The zero-order valence-electron chi connectivity index (χ0n) is 15.6. The first-order valence-electron chi connectivity index (χ1n) is 9.29. The predicted octanol–water partition coefficient (Wildman–Crippen LogP) is 3.92. The summed E-state index contributed by atoms with van der Waals surface area (Å²) in [4.78, 5) is 4.64. The lowest BCUT2D eigenvalue weighted by molar-refractivity contribution is 0.0821. The van der Waals surface area contributed by atoms with Gasteiger partial charge in [0.15, 0.2) is 28.6 Å². The Morgan fingerprint density at radius 1 is 1.14 bits per heavy atom. The minimum atomic E-state index is -0.318. The molecule has 1 aliphatic heterocycles. The summed E-state index contributed by atoms with van der Waals surface area (Å²) in [6.07, 6.45) is 5.54. The Hall–Kier alpha value is -3.26. The normalized spacial score (nSPS) is 15.5. The summed E-state index contributed by atoms with van der Waals surface area (Å²) in [5.74, 6) is 2.90. The van der Waals surface area contributed by atoms with Gasteiger partial charge < -0.3 is 13.9 Å². The molecule has 0 amide bonds. The van der Waals surface area contributed by atoms with Crippen LogP contribution >= 0.6 is 11.8 Å². The van der Waals surface area contributed by atoms with Crippen molar-refractivity contribution in [3.63, 3.8) is 0 Å². The third-order valence-corrected chi connectivity index (χ3v) is 5.62. The number of rotatable bonds is 6. The SMILES string of the molecule is C=CCn1c(SCc2cn3ccccc3n2)nnc1[C@H]1COc2ccccc2O1. The summed E-state index contributed by atoms with van der Waals surface area (Å²) in [5.41, 5.74) is 1.92. The highest BCUT2D eigenvalue weighted by Gasteiger charge is 2.28. The molecule has 1 atom stereocenters. The van der Waals surface area contributed by atoms with Gasteiger partial charge in [0, 0.05) is 24.7 Å². The second-order valence-corrected chi connectivity index (χ2v) is 7.53. The van der Waals surface area contributed by atoms with Crippen LogP contribution in [0.4, 0.5) is 0 Å². The number of hydrogen-bond acceptors (Lipinski definition) is 6. The fraction of sp³-hybridized carbons (Fsp3) is 0.190. The Kier molecular flexibility index (Phi) is 4.69. The highest BCUT2D eigenvalue weighted by Crippen LogP contribution is 2.36. The molecule has 0 aliphatic carbocycles. The van der Waals surface area contributed by atoms with Crippen LogP contribution in [0.15, 0.2) is 72.7 Å². The summed E-state index contributed by atoms with van der Waals surface area (Å²) in [5, 5.41) is 9.60. The van der Waals surface area contributed by atoms with Gasteiger partial charge in [-0.05, 0) is 24.3 Å². The second-order valence-electron chi connectivity index (χ2n) is 6.59. The van der Waals surface area contributed by atoms with Gasteiger partial charge in [0.05, 0.1) is 5.69 Å². The maximum Gasteiger partial charge on any atom is 0.192 e. The van der Waals surface area contributed by atoms with Crippen molar-refractivity contribution in [3.8, 4) is 11.5 Å². The van der Waals surface area contributed by atoms with Crippen molar-refractivity contribution in [2.24, 2.45) is 0 Å². The van der Waals surface area contributed by atoms with E-state index in [0.717, 1.165) is 33.8 Å². The number of nitrogens with zero attached hydrogens (tertiary/aromatic N) is 5. The van der Waals surface area contributed by atoms with E-state index >= 15 is 0 Å². The van der Waals surface area contributed by atoms with E-state index in [1.807, 2.05) is 69.9 Å². The highest BCUT2D eigenvalue weighted by atomic mass is 32.2. The molecule has 8 heteroatoms. The van der Waals surface area contributed by atoms with E-state index in [0.29, 0.717) is 18.9 Å². The molecule has 4 heterocycles. The molecular weight excluding hydrogens is 386 g/mol. The van der Waals surface area contributed by atoms with Crippen LogP contribution in [-0.4, -0.2) is 30.8 Å². The van der Waals surface area contributed by atoms with Gasteiger partial charge in [0.2, 0.25) is 0 Å². The van der Waals surface area contributed by atoms with Crippen LogP contribution in [0.25, 0.3) is 5.65 Å². The Morgan fingerprint density at radius 2 is 2.00 bits per heavy atom. The number of aromatic nitrogens is 5. The van der Waals surface area contributed by atoms with Crippen molar-refractivity contribution in [1.82, 2.24) is 24.1 Å². The Bertz CT molecular complexity index is 1140. The van der Waals surface area contributed by atoms with E-state index in [4.69, 9.17) is 9.47 Å². The maximum atomic E-state index is 6.11. The van der Waals surface area contributed by atoms with Crippen molar-refractivity contribution < 1.29 is 9.47 Å². The average Bonchev–Trinajstić information content (AvgIpc) is 3.36. The summed E-state index contributed by atoms with van der Waals surface area (Å²) >= 11 is 1.60. The maximum absolute atomic E-state index is 6.11. The molecule has 0 bridgehead atoms. The first-order valence-corrected chi connectivity index (χ1v) is 10.3. The summed E-state index contributed by atoms with van der Waals surface area (Å²) in [6, 6.07) is 13.6. The average molecular weight is 405 g/mol. The van der Waals surface area contributed by atoms with Gasteiger partial charge in [-0.25, -0.2) is 4.98 Å². The smallest absolute Gasteiger partial charge is 0.192 e. The molecule has 0 N–H and O–H groups in total. The zero-order valence-corrected chi connectivity index (χ0v) is 16.5. The highest BCUT2D eigenvalue weighted by molar-refractivity contribution is 7.98. The molecule has 0 saturated heterocycles. The van der Waals surface area contributed by atoms with E-state index in [2.05, 4.69) is 21.8 Å². The molecule has 3 aromatic heterocycles. The lowest BCUT2D eigenvalue weighted by Gasteiger charge is -2.26. The van der Waals surface area contributed by atoms with Crippen molar-refractivity contribution >= 4 is 17.4 Å². The molecule has 7 nitrogen and oxygen atoms in total. The van der Waals surface area contributed by atoms with Gasteiger partial charge in [-0.15, -0.1) is 16.8 Å². The van der Waals surface area contributed by atoms with E-state index in [1.165, 1.54) is 0 Å². The third-order valence-electron chi connectivity index (χ3n) is 4.62. The van der Waals surface area contributed by atoms with Crippen LogP contribution in [-0.2, 0) is 12.3 Å². The molecule has 4 aromatic rings. The number of benzene rings is 1. The van der Waals surface area contributed by atoms with Crippen LogP contribution in [0.1, 0.15) is 17.6 Å². The molecule has 5 rings (SSSR count). The van der Waals surface area contributed by atoms with E-state index in [1.54, 1.807) is 11.8 Å². The molecule has 0 radical (unpaired) electrons. The molecule has 1 aliphatic rings. The van der Waals surface area contributed by atoms with Gasteiger partial charge in [-0.3, -0.25) is 4.57 Å². The molecule has 29 heavy (non-hydrogen) atoms. The number of thioether (sulfide) groups is 1. The molecule has 0 unspecified atom stereocenters. The Morgan fingerprint density at radius 3 is 2.86 bits per heavy atom. The minimum Gasteiger partial charge on any atom is -0.485 e. The van der Waals surface area contributed by atoms with Crippen molar-refractivity contribution in [2.75, 3.05) is 6.61 Å². The fourth-order valence-corrected chi connectivity index (χ4v) is 4.13. The monoisotopic (exact) mass is 405 g/mol. The van der Waals surface area contributed by atoms with Crippen LogP contribution in [0.2, 0.25) is 0 Å². The third kappa shape index (κ3) is 3.47. The number of pyridine rings is 1. The lowest BCUT2D eigenvalue weighted by atomic mass is 10.2. The molecular formula is C21H19N5O2S. The number of hydrogen-bond donors (Lipinski definition) is 0. The quantitative estimate of drug-likeness (QED) is 0.358. The van der Waals surface area contributed by atoms with Crippen LogP contribution in [0.5, 0.6) is 11.5 Å². The summed E-state index contributed by atoms with van der Waals surface area (Å²) in [7, 11) is 0. The number of imidazole rings is 1. The van der Waals surface area contributed by atoms with E-state index < -0.39 is 0 Å². The summed E-state index contributed by atoms with van der Waals surface area (Å²) in [6.45, 7) is 4.86. The molecule has 1 aromatic carbocycles. The summed E-state index contributed by atoms with van der Waals surface area (Å²) < 4.78 is 16.0. The first kappa shape index (κ1) is 17.8. The molecule has 0 spiro atoms. The van der Waals surface area contributed by atoms with Gasteiger partial charge >= 0.3 is 0 Å². The van der Waals surface area contributed by atoms with Crippen LogP contribution in [0, 0.1) is 0 Å². The second kappa shape index (κ2) is 7.63. The van der Waals surface area contributed by atoms with Gasteiger partial charge in [0.1, 0.15) is 12.3 Å². The van der Waals surface area contributed by atoms with Crippen molar-refractivity contribution in [3.05, 3.63) is 79.0 Å². The lowest BCUT2D eigenvalue weighted by Crippen LogP contribution is -2.25. The Labute approximate surface area is 172 Å². The Balaban J connectivity index is 1.37. The number of allylic oxidation sites excluding steroid dienone is 1. The minimum absolute atomic E-state index is 0.318. The van der Waals surface area contributed by atoms with Crippen LogP contribution in [0.3, 0.4) is 0 Å². The zero-order chi connectivity index (χ0) is 19.6. The molecule has 0 fully saturated rings. The standard InChI is InChI=1S/C21H19N5O2S/c1-2-10-26-20(18-13-27-16-7-3-4-8-17(16)28-18)23-24-21(26)29-14-15-12-25-11-6-5-9-19(25)22-15/h2-9,11-12,18H,1,10,13-14H2/t18-/m1/s1. The molecule has 0 saturated carbocycles.